The van der Waals surface area contributed by atoms with Crippen molar-refractivity contribution in [1.29, 1.82) is 0 Å². The van der Waals surface area contributed by atoms with Crippen LogP contribution in [-0.2, 0) is 17.9 Å². The van der Waals surface area contributed by atoms with E-state index in [1.165, 1.54) is 11.3 Å². The van der Waals surface area contributed by atoms with Gasteiger partial charge in [0.15, 0.2) is 6.10 Å². The van der Waals surface area contributed by atoms with Crippen molar-refractivity contribution in [1.82, 2.24) is 0 Å². The third-order valence-electron chi connectivity index (χ3n) is 2.22. The van der Waals surface area contributed by atoms with E-state index in [1.807, 2.05) is 6.92 Å². The lowest BCUT2D eigenvalue weighted by molar-refractivity contribution is -0.217. The van der Waals surface area contributed by atoms with E-state index in [9.17, 15) is 13.2 Å². The Morgan fingerprint density at radius 3 is 2.56 bits per heavy atom. The smallest absolute Gasteiger partial charge is 0.364 e. The third-order valence-corrected chi connectivity index (χ3v) is 3.34. The molecule has 1 heterocycles. The Balaban J connectivity index is 2.57. The number of hydrogen-bond acceptors (Lipinski definition) is 3. The number of hydrogen-bond donors (Lipinski definition) is 1. The summed E-state index contributed by atoms with van der Waals surface area (Å²) in [5.74, 6) is 0. The van der Waals surface area contributed by atoms with Crippen molar-refractivity contribution in [3.63, 3.8) is 0 Å². The monoisotopic (exact) mass is 253 g/mol. The maximum absolute atomic E-state index is 12.2. The van der Waals surface area contributed by atoms with Gasteiger partial charge in [-0.1, -0.05) is 0 Å². The Labute approximate surface area is 96.2 Å². The van der Waals surface area contributed by atoms with Crippen LogP contribution in [0, 0.1) is 6.92 Å². The van der Waals surface area contributed by atoms with Crippen LogP contribution in [0.1, 0.15) is 22.2 Å². The standard InChI is InChI=1S/C10H14F3NOS/c1-6-8(3-9(4-14)16-6)5-15-7(2)10(11,12)13/h3,7H,4-5,14H2,1-2H3. The van der Waals surface area contributed by atoms with Crippen molar-refractivity contribution >= 4 is 11.3 Å². The van der Waals surface area contributed by atoms with Crippen LogP contribution in [0.5, 0.6) is 0 Å². The van der Waals surface area contributed by atoms with Gasteiger partial charge in [0.05, 0.1) is 6.61 Å². The van der Waals surface area contributed by atoms with Gasteiger partial charge in [0.2, 0.25) is 0 Å². The molecular weight excluding hydrogens is 239 g/mol. The summed E-state index contributed by atoms with van der Waals surface area (Å²) in [4.78, 5) is 1.91. The van der Waals surface area contributed by atoms with Crippen LogP contribution in [0.4, 0.5) is 13.2 Å². The molecule has 0 saturated carbocycles. The van der Waals surface area contributed by atoms with E-state index in [0.717, 1.165) is 22.2 Å². The fourth-order valence-corrected chi connectivity index (χ4v) is 2.07. The van der Waals surface area contributed by atoms with Gasteiger partial charge in [-0.05, 0) is 25.5 Å². The van der Waals surface area contributed by atoms with Crippen LogP contribution >= 0.6 is 11.3 Å². The molecule has 0 saturated heterocycles. The Hall–Kier alpha value is -0.590. The van der Waals surface area contributed by atoms with Crippen LogP contribution in [0.15, 0.2) is 6.07 Å². The summed E-state index contributed by atoms with van der Waals surface area (Å²) in [5.41, 5.74) is 6.23. The summed E-state index contributed by atoms with van der Waals surface area (Å²) in [6, 6.07) is 1.79. The van der Waals surface area contributed by atoms with Gasteiger partial charge < -0.3 is 10.5 Å². The van der Waals surface area contributed by atoms with Gasteiger partial charge >= 0.3 is 6.18 Å². The van der Waals surface area contributed by atoms with Crippen molar-refractivity contribution < 1.29 is 17.9 Å². The van der Waals surface area contributed by atoms with Crippen molar-refractivity contribution in [2.75, 3.05) is 0 Å². The Kier molecular flexibility index (Phi) is 4.35. The topological polar surface area (TPSA) is 35.2 Å². The maximum atomic E-state index is 12.2. The molecule has 0 aromatic carbocycles. The van der Waals surface area contributed by atoms with Gasteiger partial charge in [0.1, 0.15) is 0 Å². The van der Waals surface area contributed by atoms with Crippen LogP contribution < -0.4 is 5.73 Å². The number of alkyl halides is 3. The second kappa shape index (κ2) is 5.16. The predicted octanol–water partition coefficient (Wildman–Crippen LogP) is 2.98. The highest BCUT2D eigenvalue weighted by molar-refractivity contribution is 7.12. The van der Waals surface area contributed by atoms with Crippen LogP contribution in [0.25, 0.3) is 0 Å². The molecule has 0 spiro atoms. The summed E-state index contributed by atoms with van der Waals surface area (Å²) in [5, 5.41) is 0. The predicted molar refractivity (Wildman–Crippen MR) is 57.3 cm³/mol. The van der Waals surface area contributed by atoms with Crippen LogP contribution in [0.2, 0.25) is 0 Å². The van der Waals surface area contributed by atoms with Gasteiger partial charge in [-0.15, -0.1) is 11.3 Å². The molecule has 6 heteroatoms. The first-order chi connectivity index (χ1) is 7.34. The highest BCUT2D eigenvalue weighted by Crippen LogP contribution is 2.26. The van der Waals surface area contributed by atoms with Crippen LogP contribution in [0.3, 0.4) is 0 Å². The fraction of sp³-hybridized carbons (Fsp3) is 0.600. The molecule has 0 bridgehead atoms. The molecule has 2 N–H and O–H groups in total. The quantitative estimate of drug-likeness (QED) is 0.895. The zero-order chi connectivity index (χ0) is 12.3. The summed E-state index contributed by atoms with van der Waals surface area (Å²) in [6.45, 7) is 3.23. The minimum atomic E-state index is -4.30. The highest BCUT2D eigenvalue weighted by Gasteiger charge is 2.36. The first-order valence-corrected chi connectivity index (χ1v) is 5.62. The SMILES string of the molecule is Cc1sc(CN)cc1COC(C)C(F)(F)F. The largest absolute Gasteiger partial charge is 0.414 e. The van der Waals surface area contributed by atoms with Crippen LogP contribution in [-0.4, -0.2) is 12.3 Å². The summed E-state index contributed by atoms with van der Waals surface area (Å²) < 4.78 is 41.3. The van der Waals surface area contributed by atoms with Gasteiger partial charge in [0.25, 0.3) is 0 Å². The number of halogens is 3. The van der Waals surface area contributed by atoms with Crippen molar-refractivity contribution in [3.05, 3.63) is 21.4 Å². The van der Waals surface area contributed by atoms with E-state index in [1.54, 1.807) is 6.07 Å². The van der Waals surface area contributed by atoms with Gasteiger partial charge in [-0.25, -0.2) is 0 Å². The summed E-state index contributed by atoms with van der Waals surface area (Å²) >= 11 is 1.49. The average Bonchev–Trinajstić information content (AvgIpc) is 2.54. The van der Waals surface area contributed by atoms with Gasteiger partial charge in [-0.2, -0.15) is 13.2 Å². The molecule has 1 aromatic rings. The molecule has 1 aromatic heterocycles. The number of rotatable bonds is 4. The molecule has 0 aliphatic rings. The maximum Gasteiger partial charge on any atom is 0.414 e. The Morgan fingerprint density at radius 1 is 1.50 bits per heavy atom. The van der Waals surface area contributed by atoms with Gasteiger partial charge in [0, 0.05) is 16.3 Å². The van der Waals surface area contributed by atoms with Crippen molar-refractivity contribution in [3.8, 4) is 0 Å². The molecule has 1 atom stereocenters. The number of thiophene rings is 1. The summed E-state index contributed by atoms with van der Waals surface area (Å²) in [7, 11) is 0. The molecule has 0 aliphatic carbocycles. The zero-order valence-corrected chi connectivity index (χ0v) is 9.91. The Bertz CT molecular complexity index is 348. The minimum Gasteiger partial charge on any atom is -0.364 e. The molecule has 1 rings (SSSR count). The average molecular weight is 253 g/mol. The molecule has 16 heavy (non-hydrogen) atoms. The number of aryl methyl sites for hydroxylation is 1. The van der Waals surface area contributed by atoms with Crippen molar-refractivity contribution in [2.24, 2.45) is 5.73 Å². The number of ether oxygens (including phenoxy) is 1. The van der Waals surface area contributed by atoms with E-state index in [-0.39, 0.29) is 6.61 Å². The molecule has 2 nitrogen and oxygen atoms in total. The minimum absolute atomic E-state index is 0.0248. The lowest BCUT2D eigenvalue weighted by Crippen LogP contribution is -2.28. The summed E-state index contributed by atoms with van der Waals surface area (Å²) in [6.07, 6.45) is -6.05. The molecule has 92 valence electrons. The van der Waals surface area contributed by atoms with Crippen molar-refractivity contribution in [2.45, 2.75) is 39.3 Å². The molecular formula is C10H14F3NOS. The second-order valence-electron chi connectivity index (χ2n) is 3.49. The van der Waals surface area contributed by atoms with E-state index >= 15 is 0 Å². The van der Waals surface area contributed by atoms with E-state index in [2.05, 4.69) is 0 Å². The molecule has 0 aliphatic heterocycles. The normalized spacial score (nSPS) is 14.1. The van der Waals surface area contributed by atoms with E-state index < -0.39 is 12.3 Å². The first kappa shape index (κ1) is 13.5. The first-order valence-electron chi connectivity index (χ1n) is 4.81. The Morgan fingerprint density at radius 2 is 2.12 bits per heavy atom. The highest BCUT2D eigenvalue weighted by atomic mass is 32.1. The zero-order valence-electron chi connectivity index (χ0n) is 9.10. The third kappa shape index (κ3) is 3.47. The van der Waals surface area contributed by atoms with Gasteiger partial charge in [-0.3, -0.25) is 0 Å². The second-order valence-corrected chi connectivity index (χ2v) is 4.83. The lowest BCUT2D eigenvalue weighted by atomic mass is 10.2. The molecule has 0 amide bonds. The number of nitrogens with two attached hydrogens (primary N) is 1. The molecule has 1 unspecified atom stereocenters. The fourth-order valence-electron chi connectivity index (χ4n) is 1.14. The lowest BCUT2D eigenvalue weighted by Gasteiger charge is -2.16. The molecule has 0 fully saturated rings. The van der Waals surface area contributed by atoms with E-state index in [0.29, 0.717) is 6.54 Å². The molecule has 0 radical (unpaired) electrons. The van der Waals surface area contributed by atoms with E-state index in [4.69, 9.17) is 10.5 Å².